The van der Waals surface area contributed by atoms with Crippen LogP contribution in [0.25, 0.3) is 0 Å². The van der Waals surface area contributed by atoms with E-state index in [0.717, 1.165) is 13.3 Å². The lowest BCUT2D eigenvalue weighted by Gasteiger charge is -2.19. The Balaban J connectivity index is 4.27. The molecule has 8 atom stereocenters. The second kappa shape index (κ2) is 21.8. The molecule has 0 aliphatic rings. The van der Waals surface area contributed by atoms with Gasteiger partial charge in [-0.15, -0.1) is 0 Å². The minimum absolute atomic E-state index is 0.218. The van der Waals surface area contributed by atoms with Crippen molar-refractivity contribution in [3.63, 3.8) is 0 Å². The third-order valence-electron chi connectivity index (χ3n) is 4.98. The van der Waals surface area contributed by atoms with Crippen LogP contribution in [0.2, 0.25) is 0 Å². The van der Waals surface area contributed by atoms with Crippen molar-refractivity contribution in [1.82, 2.24) is 0 Å². The molecule has 28 heteroatoms. The Morgan fingerprint density at radius 1 is 0.391 bits per heavy atom. The second-order valence-electron chi connectivity index (χ2n) is 9.21. The highest BCUT2D eigenvalue weighted by Crippen LogP contribution is 2.48. The molecule has 8 unspecified atom stereocenters. The molecule has 0 aliphatic carbocycles. The molecule has 0 spiro atoms. The molecule has 0 aromatic heterocycles. The minimum atomic E-state index is -4.77. The molecule has 0 aromatic carbocycles. The summed E-state index contributed by atoms with van der Waals surface area (Å²) in [6.07, 6.45) is 0.756. The van der Waals surface area contributed by atoms with Crippen LogP contribution in [-0.2, 0) is 72.6 Å². The van der Waals surface area contributed by atoms with Crippen LogP contribution < -0.4 is 0 Å². The van der Waals surface area contributed by atoms with Gasteiger partial charge in [0.2, 0.25) is 0 Å². The largest absolute Gasteiger partial charge is 0.472 e. The maximum atomic E-state index is 11.9. The molecule has 0 radical (unpaired) electrons. The summed E-state index contributed by atoms with van der Waals surface area (Å²) in [6.45, 7) is -0.174. The van der Waals surface area contributed by atoms with E-state index in [1.54, 1.807) is 13.8 Å². The van der Waals surface area contributed by atoms with Gasteiger partial charge in [0.1, 0.15) is 0 Å². The Hall–Kier alpha value is 0.740. The highest BCUT2D eigenvalue weighted by Gasteiger charge is 2.28. The van der Waals surface area contributed by atoms with E-state index >= 15 is 0 Å². The smallest absolute Gasteiger partial charge is 0.324 e. The molecule has 0 aliphatic heterocycles. The second-order valence-corrected chi connectivity index (χ2v) is 18.8. The van der Waals surface area contributed by atoms with Crippen molar-refractivity contribution in [2.24, 2.45) is 11.8 Å². The fourth-order valence-electron chi connectivity index (χ4n) is 2.52. The molecule has 0 aromatic rings. The summed E-state index contributed by atoms with van der Waals surface area (Å²) in [6, 6.07) is 0. The van der Waals surface area contributed by atoms with Gasteiger partial charge in [-0.3, -0.25) is 45.3 Å². The number of rotatable bonds is 29. The SMILES string of the molecule is CCC(COP(C)(=O)O)COP(=O)(O)OCCOP(=O)(O)OCCOP(=O)(O)OCCOP(=O)(O)OCC(CC)COP(C)(=O)O. The van der Waals surface area contributed by atoms with Gasteiger partial charge in [0.15, 0.2) is 0 Å². The number of phosphoric acid groups is 4. The van der Waals surface area contributed by atoms with Crippen LogP contribution >= 0.6 is 46.5 Å². The van der Waals surface area contributed by atoms with Crippen LogP contribution in [0.5, 0.6) is 0 Å². The summed E-state index contributed by atoms with van der Waals surface area (Å²) in [5, 5.41) is 0. The Bertz CT molecular complexity index is 1070. The molecular formula is C18H44O22P6. The third-order valence-corrected chi connectivity index (χ3v) is 10.2. The zero-order chi connectivity index (χ0) is 35.7. The van der Waals surface area contributed by atoms with Crippen molar-refractivity contribution in [2.45, 2.75) is 26.7 Å². The van der Waals surface area contributed by atoms with Gasteiger partial charge in [-0.05, 0) is 12.8 Å². The highest BCUT2D eigenvalue weighted by molar-refractivity contribution is 7.52. The summed E-state index contributed by atoms with van der Waals surface area (Å²) in [7, 11) is -26.3. The number of hydrogen-bond acceptors (Lipinski definition) is 16. The topological polar surface area (TPSA) is 316 Å². The van der Waals surface area contributed by atoms with E-state index in [-0.39, 0.29) is 26.4 Å². The van der Waals surface area contributed by atoms with Crippen LogP contribution in [0.1, 0.15) is 26.7 Å². The van der Waals surface area contributed by atoms with Gasteiger partial charge < -0.3 is 38.4 Å². The van der Waals surface area contributed by atoms with Gasteiger partial charge in [-0.2, -0.15) is 0 Å². The van der Waals surface area contributed by atoms with E-state index in [0.29, 0.717) is 12.8 Å². The first kappa shape index (κ1) is 46.7. The van der Waals surface area contributed by atoms with Gasteiger partial charge >= 0.3 is 46.5 Å². The Morgan fingerprint density at radius 2 is 0.587 bits per heavy atom. The first-order valence-electron chi connectivity index (χ1n) is 13.3. The summed E-state index contributed by atoms with van der Waals surface area (Å²) < 4.78 is 116. The molecule has 0 bridgehead atoms. The van der Waals surface area contributed by atoms with Gasteiger partial charge in [0, 0.05) is 25.2 Å². The first-order valence-corrected chi connectivity index (χ1v) is 23.3. The van der Waals surface area contributed by atoms with Crippen molar-refractivity contribution in [1.29, 1.82) is 0 Å². The van der Waals surface area contributed by atoms with Crippen LogP contribution in [-0.4, -0.2) is 109 Å². The molecule has 278 valence electrons. The van der Waals surface area contributed by atoms with E-state index in [4.69, 9.17) is 27.9 Å². The van der Waals surface area contributed by atoms with Crippen molar-refractivity contribution in [3.8, 4) is 0 Å². The predicted molar refractivity (Wildman–Crippen MR) is 158 cm³/mol. The van der Waals surface area contributed by atoms with Gasteiger partial charge in [0.05, 0.1) is 66.1 Å². The van der Waals surface area contributed by atoms with E-state index in [9.17, 15) is 47.0 Å². The molecule has 46 heavy (non-hydrogen) atoms. The van der Waals surface area contributed by atoms with E-state index in [1.165, 1.54) is 0 Å². The summed E-state index contributed by atoms with van der Waals surface area (Å²) in [5.41, 5.74) is 0. The Kier molecular flexibility index (Phi) is 22.2. The molecule has 0 rings (SSSR count). The summed E-state index contributed by atoms with van der Waals surface area (Å²) >= 11 is 0. The monoisotopic (exact) mass is 798 g/mol. The number of hydrogen-bond donors (Lipinski definition) is 6. The molecule has 0 saturated heterocycles. The lowest BCUT2D eigenvalue weighted by Crippen LogP contribution is -2.15. The highest BCUT2D eigenvalue weighted by atomic mass is 31.2. The summed E-state index contributed by atoms with van der Waals surface area (Å²) in [4.78, 5) is 56.9. The zero-order valence-corrected chi connectivity index (χ0v) is 30.9. The van der Waals surface area contributed by atoms with E-state index in [2.05, 4.69) is 27.1 Å². The molecule has 0 fully saturated rings. The van der Waals surface area contributed by atoms with Crippen molar-refractivity contribution < 1.29 is 102 Å². The lowest BCUT2D eigenvalue weighted by molar-refractivity contribution is 0.0737. The lowest BCUT2D eigenvalue weighted by atomic mass is 10.1. The van der Waals surface area contributed by atoms with Crippen LogP contribution in [0.15, 0.2) is 0 Å². The molecular weight excluding hydrogens is 754 g/mol. The van der Waals surface area contributed by atoms with Crippen molar-refractivity contribution in [2.75, 3.05) is 79.4 Å². The van der Waals surface area contributed by atoms with Crippen LogP contribution in [0, 0.1) is 11.8 Å². The number of phosphoric ester groups is 4. The normalized spacial score (nSPS) is 21.5. The minimum Gasteiger partial charge on any atom is -0.324 e. The predicted octanol–water partition coefficient (Wildman–Crippen LogP) is 3.24. The maximum absolute atomic E-state index is 11.9. The maximum Gasteiger partial charge on any atom is 0.472 e. The van der Waals surface area contributed by atoms with Gasteiger partial charge in [-0.1, -0.05) is 13.8 Å². The fraction of sp³-hybridized carbons (Fsp3) is 1.00. The Labute approximate surface area is 266 Å². The fourth-order valence-corrected chi connectivity index (χ4v) is 6.42. The van der Waals surface area contributed by atoms with Crippen LogP contribution in [0.3, 0.4) is 0 Å². The van der Waals surface area contributed by atoms with Crippen molar-refractivity contribution in [3.05, 3.63) is 0 Å². The summed E-state index contributed by atoms with van der Waals surface area (Å²) in [5.74, 6) is -1.02. The molecule has 22 nitrogen and oxygen atoms in total. The molecule has 0 amide bonds. The molecule has 6 N–H and O–H groups in total. The average molecular weight is 798 g/mol. The first-order chi connectivity index (χ1) is 20.9. The standard InChI is InChI=1S/C18H44O22P6/c1-5-17(13-37-41(3,19)20)15-39-45(27,28)35-11-9-33-43(23,24)31-7-8-32-44(25,26)34-10-12-36-46(29,30)40-16-18(6-2)14-38-42(4,21)22/h17-18H,5-16H2,1-4H3,(H,19,20)(H,21,22)(H,23,24)(H,25,26)(H,27,28)(H,29,30). The van der Waals surface area contributed by atoms with Gasteiger partial charge in [0.25, 0.3) is 0 Å². The molecule has 0 heterocycles. The van der Waals surface area contributed by atoms with E-state index in [1.807, 2.05) is 0 Å². The van der Waals surface area contributed by atoms with Gasteiger partial charge in [-0.25, -0.2) is 18.3 Å². The zero-order valence-electron chi connectivity index (χ0n) is 25.5. The molecule has 0 saturated carbocycles. The van der Waals surface area contributed by atoms with E-state index < -0.39 is 98.0 Å². The van der Waals surface area contributed by atoms with Crippen molar-refractivity contribution >= 4 is 46.5 Å². The quantitative estimate of drug-likeness (QED) is 0.0467. The average Bonchev–Trinajstić information content (AvgIpc) is 2.91. The van der Waals surface area contributed by atoms with Crippen LogP contribution in [0.4, 0.5) is 0 Å². The third kappa shape index (κ3) is 27.5. The Morgan fingerprint density at radius 3 is 0.783 bits per heavy atom.